The zero-order chi connectivity index (χ0) is 22.8. The molecular weight excluding hydrogens is 426 g/mol. The number of nitrogens with zero attached hydrogens (tertiary/aromatic N) is 3. The van der Waals surface area contributed by atoms with Crippen LogP contribution >= 0.6 is 11.6 Å². The lowest BCUT2D eigenvalue weighted by Gasteiger charge is -2.26. The molecule has 1 amide bonds. The Bertz CT molecular complexity index is 1150. The summed E-state index contributed by atoms with van der Waals surface area (Å²) in [6.45, 7) is 6.03. The van der Waals surface area contributed by atoms with E-state index in [-0.39, 0.29) is 30.3 Å². The van der Waals surface area contributed by atoms with Crippen molar-refractivity contribution in [3.8, 4) is 16.9 Å². The quantitative estimate of drug-likeness (QED) is 0.398. The van der Waals surface area contributed by atoms with E-state index in [1.54, 1.807) is 41.9 Å². The Labute approximate surface area is 192 Å². The van der Waals surface area contributed by atoms with Crippen molar-refractivity contribution in [1.29, 1.82) is 0 Å². The van der Waals surface area contributed by atoms with Crippen LogP contribution in [-0.4, -0.2) is 45.2 Å². The molecule has 0 aliphatic carbocycles. The van der Waals surface area contributed by atoms with Crippen molar-refractivity contribution in [2.45, 2.75) is 32.9 Å². The highest BCUT2D eigenvalue weighted by Gasteiger charge is 2.28. The van der Waals surface area contributed by atoms with E-state index in [1.165, 1.54) is 0 Å². The van der Waals surface area contributed by atoms with E-state index in [9.17, 15) is 9.59 Å². The molecule has 4 rings (SSSR count). The number of halogens is 1. The molecule has 2 aromatic carbocycles. The number of aromatic nitrogens is 2. The highest BCUT2D eigenvalue weighted by atomic mass is 35.5. The molecule has 2 unspecified atom stereocenters. The maximum absolute atomic E-state index is 13.0. The van der Waals surface area contributed by atoms with E-state index >= 15 is 0 Å². The van der Waals surface area contributed by atoms with Crippen LogP contribution in [0.4, 0.5) is 0 Å². The molecule has 0 bridgehead atoms. The summed E-state index contributed by atoms with van der Waals surface area (Å²) in [5, 5.41) is 5.10. The monoisotopic (exact) mass is 449 g/mol. The average Bonchev–Trinajstić information content (AvgIpc) is 3.38. The van der Waals surface area contributed by atoms with Gasteiger partial charge in [0.25, 0.3) is 5.91 Å². The van der Waals surface area contributed by atoms with E-state index in [4.69, 9.17) is 16.3 Å². The van der Waals surface area contributed by atoms with Crippen LogP contribution in [-0.2, 0) is 4.74 Å². The normalized spacial score (nSPS) is 17.6. The molecule has 0 saturated heterocycles. The van der Waals surface area contributed by atoms with Crippen molar-refractivity contribution < 1.29 is 14.3 Å². The van der Waals surface area contributed by atoms with Crippen molar-refractivity contribution in [1.82, 2.24) is 14.7 Å². The average molecular weight is 450 g/mol. The van der Waals surface area contributed by atoms with Gasteiger partial charge >= 0.3 is 5.97 Å². The summed E-state index contributed by atoms with van der Waals surface area (Å²) in [6, 6.07) is 16.3. The van der Waals surface area contributed by atoms with Gasteiger partial charge in [0.15, 0.2) is 5.69 Å². The molecule has 1 aromatic heterocycles. The Morgan fingerprint density at radius 2 is 1.62 bits per heavy atom. The number of benzene rings is 2. The van der Waals surface area contributed by atoms with Gasteiger partial charge in [-0.25, -0.2) is 9.48 Å². The number of hydrogen-bond acceptors (Lipinski definition) is 4. The fourth-order valence-corrected chi connectivity index (χ4v) is 3.98. The van der Waals surface area contributed by atoms with Crippen LogP contribution in [0.1, 0.15) is 41.6 Å². The summed E-state index contributed by atoms with van der Waals surface area (Å²) in [7, 11) is 0. The maximum atomic E-state index is 13.0. The molecule has 0 spiro atoms. The van der Waals surface area contributed by atoms with E-state index in [0.29, 0.717) is 10.6 Å². The van der Waals surface area contributed by atoms with Gasteiger partial charge in [0, 0.05) is 28.2 Å². The zero-order valence-corrected chi connectivity index (χ0v) is 18.9. The topological polar surface area (TPSA) is 64.4 Å². The van der Waals surface area contributed by atoms with Crippen LogP contribution in [0.2, 0.25) is 5.02 Å². The summed E-state index contributed by atoms with van der Waals surface area (Å²) < 4.78 is 6.80. The minimum Gasteiger partial charge on any atom is -0.461 e. The number of amides is 1. The fraction of sp³-hybridized carbons (Fsp3) is 0.240. The van der Waals surface area contributed by atoms with E-state index in [0.717, 1.165) is 16.9 Å². The maximum Gasteiger partial charge on any atom is 0.358 e. The molecule has 0 N–H and O–H groups in total. The SMILES string of the molecule is CCOC(=O)c1cc(-c2ccc(Cl)cc2)n(-c2ccc(C(=O)N3C(C)C=CC3C)cc2)n1. The molecule has 2 heterocycles. The van der Waals surface area contributed by atoms with Crippen molar-refractivity contribution in [2.24, 2.45) is 0 Å². The smallest absolute Gasteiger partial charge is 0.358 e. The number of hydrogen-bond donors (Lipinski definition) is 0. The van der Waals surface area contributed by atoms with Gasteiger partial charge in [0.2, 0.25) is 0 Å². The number of rotatable bonds is 5. The summed E-state index contributed by atoms with van der Waals surface area (Å²) in [5.41, 5.74) is 3.10. The van der Waals surface area contributed by atoms with E-state index < -0.39 is 5.97 Å². The number of ether oxygens (including phenoxy) is 1. The van der Waals surface area contributed by atoms with E-state index in [1.807, 2.05) is 55.2 Å². The second-order valence-electron chi connectivity index (χ2n) is 7.68. The van der Waals surface area contributed by atoms with Gasteiger partial charge in [-0.3, -0.25) is 4.79 Å². The first-order valence-corrected chi connectivity index (χ1v) is 10.9. The predicted molar refractivity (Wildman–Crippen MR) is 124 cm³/mol. The zero-order valence-electron chi connectivity index (χ0n) is 18.2. The molecule has 1 aliphatic heterocycles. The third kappa shape index (κ3) is 4.18. The Balaban J connectivity index is 1.70. The Morgan fingerprint density at radius 3 is 2.22 bits per heavy atom. The summed E-state index contributed by atoms with van der Waals surface area (Å²) in [5.74, 6) is -0.509. The van der Waals surface area contributed by atoms with Crippen LogP contribution in [0.15, 0.2) is 66.7 Å². The van der Waals surface area contributed by atoms with Gasteiger partial charge in [0.1, 0.15) is 0 Å². The van der Waals surface area contributed by atoms with Crippen LogP contribution in [0, 0.1) is 0 Å². The van der Waals surface area contributed by atoms with Gasteiger partial charge in [-0.1, -0.05) is 35.9 Å². The third-order valence-electron chi connectivity index (χ3n) is 5.47. The lowest BCUT2D eigenvalue weighted by Crippen LogP contribution is -2.39. The molecule has 1 aliphatic rings. The third-order valence-corrected chi connectivity index (χ3v) is 5.72. The Kier molecular flexibility index (Phi) is 6.15. The predicted octanol–water partition coefficient (Wildman–Crippen LogP) is 5.16. The van der Waals surface area contributed by atoms with Crippen molar-refractivity contribution in [3.05, 3.63) is 83.0 Å². The molecule has 7 heteroatoms. The van der Waals surface area contributed by atoms with Crippen molar-refractivity contribution >= 4 is 23.5 Å². The molecule has 2 atom stereocenters. The van der Waals surface area contributed by atoms with Gasteiger partial charge in [-0.05, 0) is 63.2 Å². The van der Waals surface area contributed by atoms with Crippen LogP contribution in [0.3, 0.4) is 0 Å². The van der Waals surface area contributed by atoms with Crippen LogP contribution < -0.4 is 0 Å². The standard InChI is InChI=1S/C25H24ClN3O3/c1-4-32-25(31)22-15-23(18-7-11-20(26)12-8-18)29(27-22)21-13-9-19(10-14-21)24(30)28-16(2)5-6-17(28)3/h5-17H,4H2,1-3H3. The van der Waals surface area contributed by atoms with Gasteiger partial charge in [0.05, 0.1) is 18.0 Å². The molecule has 32 heavy (non-hydrogen) atoms. The summed E-state index contributed by atoms with van der Waals surface area (Å²) >= 11 is 6.04. The second kappa shape index (κ2) is 9.01. The van der Waals surface area contributed by atoms with E-state index in [2.05, 4.69) is 5.10 Å². The lowest BCUT2D eigenvalue weighted by atomic mass is 10.1. The molecule has 164 valence electrons. The minimum absolute atomic E-state index is 0.0212. The minimum atomic E-state index is -0.488. The number of carbonyl (C=O) groups is 2. The van der Waals surface area contributed by atoms with Crippen molar-refractivity contribution in [3.63, 3.8) is 0 Å². The van der Waals surface area contributed by atoms with Crippen molar-refractivity contribution in [2.75, 3.05) is 6.61 Å². The first kappa shape index (κ1) is 21.8. The molecule has 6 nitrogen and oxygen atoms in total. The first-order chi connectivity index (χ1) is 15.4. The number of carbonyl (C=O) groups excluding carboxylic acids is 2. The molecule has 0 fully saturated rings. The van der Waals surface area contributed by atoms with Crippen LogP contribution in [0.5, 0.6) is 0 Å². The Hall–Kier alpha value is -3.38. The largest absolute Gasteiger partial charge is 0.461 e. The molecule has 3 aromatic rings. The summed E-state index contributed by atoms with van der Waals surface area (Å²) in [6.07, 6.45) is 4.08. The summed E-state index contributed by atoms with van der Waals surface area (Å²) in [4.78, 5) is 27.1. The second-order valence-corrected chi connectivity index (χ2v) is 8.12. The Morgan fingerprint density at radius 1 is 1.00 bits per heavy atom. The first-order valence-electron chi connectivity index (χ1n) is 10.5. The highest BCUT2D eigenvalue weighted by molar-refractivity contribution is 6.30. The van der Waals surface area contributed by atoms with Gasteiger partial charge in [-0.2, -0.15) is 5.10 Å². The number of esters is 1. The molecule has 0 radical (unpaired) electrons. The van der Waals surface area contributed by atoms with Gasteiger partial charge < -0.3 is 9.64 Å². The molecular formula is C25H24ClN3O3. The lowest BCUT2D eigenvalue weighted by molar-refractivity contribution is 0.0518. The van der Waals surface area contributed by atoms with Gasteiger partial charge in [-0.15, -0.1) is 0 Å². The fourth-order valence-electron chi connectivity index (χ4n) is 3.85. The molecule has 0 saturated carbocycles. The highest BCUT2D eigenvalue weighted by Crippen LogP contribution is 2.27. The van der Waals surface area contributed by atoms with Crippen LogP contribution in [0.25, 0.3) is 16.9 Å².